The molecule has 192 valence electrons. The maximum atomic E-state index is 12.0. The average Bonchev–Trinajstić information content (AvgIpc) is 2.99. The Labute approximate surface area is 209 Å². The summed E-state index contributed by atoms with van der Waals surface area (Å²) < 4.78 is 22.3. The third-order valence-corrected chi connectivity index (χ3v) is 6.61. The van der Waals surface area contributed by atoms with E-state index in [1.807, 2.05) is 13.8 Å². The van der Waals surface area contributed by atoms with Crippen molar-refractivity contribution < 1.29 is 33.6 Å². The second-order valence-corrected chi connectivity index (χ2v) is 10.0. The van der Waals surface area contributed by atoms with Crippen molar-refractivity contribution in [1.82, 2.24) is 0 Å². The smallest absolute Gasteiger partial charge is 0.339 e. The number of phenolic OH excluding ortho intramolecular Hbond substituents is 1. The van der Waals surface area contributed by atoms with Gasteiger partial charge in [0, 0.05) is 23.3 Å². The van der Waals surface area contributed by atoms with E-state index in [-0.39, 0.29) is 27.7 Å². The van der Waals surface area contributed by atoms with Crippen LogP contribution in [0.1, 0.15) is 60.9 Å². The van der Waals surface area contributed by atoms with E-state index in [1.165, 1.54) is 19.2 Å². The summed E-state index contributed by atoms with van der Waals surface area (Å²) in [6, 6.07) is 6.36. The molecule has 5 rings (SSSR count). The Hall–Kier alpha value is -3.68. The summed E-state index contributed by atoms with van der Waals surface area (Å²) >= 11 is 0. The Morgan fingerprint density at radius 2 is 1.89 bits per heavy atom. The highest BCUT2D eigenvalue weighted by Crippen LogP contribution is 2.40. The molecule has 0 amide bonds. The molecular formula is C28H32O8. The first-order valence-electron chi connectivity index (χ1n) is 12.0. The summed E-state index contributed by atoms with van der Waals surface area (Å²) in [5.74, 6) is 1.76. The van der Waals surface area contributed by atoms with E-state index < -0.39 is 5.97 Å². The maximum Gasteiger partial charge on any atom is 0.339 e. The molecule has 1 aromatic heterocycles. The number of aryl methyl sites for hydroxylation is 1. The normalized spacial score (nSPS) is 17.9. The number of benzene rings is 2. The van der Waals surface area contributed by atoms with Crippen molar-refractivity contribution in [2.45, 2.75) is 59.0 Å². The van der Waals surface area contributed by atoms with Crippen molar-refractivity contribution in [3.63, 3.8) is 0 Å². The molecule has 8 heteroatoms. The van der Waals surface area contributed by atoms with Crippen LogP contribution in [0.3, 0.4) is 0 Å². The van der Waals surface area contributed by atoms with Crippen LogP contribution in [-0.4, -0.2) is 35.5 Å². The van der Waals surface area contributed by atoms with Crippen molar-refractivity contribution in [2.24, 2.45) is 5.92 Å². The summed E-state index contributed by atoms with van der Waals surface area (Å²) in [7, 11) is 1.49. The number of hydrogen-bond acceptors (Lipinski definition) is 7. The molecule has 2 aliphatic rings. The topological polar surface area (TPSA) is 115 Å². The molecule has 1 unspecified atom stereocenters. The van der Waals surface area contributed by atoms with Gasteiger partial charge >= 0.3 is 5.97 Å². The Balaban J connectivity index is 0.000000170. The predicted molar refractivity (Wildman–Crippen MR) is 135 cm³/mol. The number of rotatable bonds is 2. The fraction of sp³-hybridized carbons (Fsp3) is 0.429. The molecule has 2 aliphatic heterocycles. The SMILES string of the molecule is COc1c(C(=O)O)ccc2c1CCC(C)(C)O2.Cc1cc(=O)c2c(O)c3c(cc2o1)OCC(C)CC3. The maximum absolute atomic E-state index is 12.0. The number of ether oxygens (including phenoxy) is 3. The van der Waals surface area contributed by atoms with Gasteiger partial charge in [0.15, 0.2) is 5.43 Å². The van der Waals surface area contributed by atoms with Gasteiger partial charge in [0.25, 0.3) is 0 Å². The molecule has 2 N–H and O–H groups in total. The van der Waals surface area contributed by atoms with E-state index in [9.17, 15) is 14.7 Å². The van der Waals surface area contributed by atoms with Crippen LogP contribution in [0.2, 0.25) is 0 Å². The number of aromatic hydroxyl groups is 1. The molecule has 0 radical (unpaired) electrons. The number of fused-ring (bicyclic) bond motifs is 3. The molecular weight excluding hydrogens is 464 g/mol. The van der Waals surface area contributed by atoms with Gasteiger partial charge in [-0.3, -0.25) is 4.79 Å². The predicted octanol–water partition coefficient (Wildman–Crippen LogP) is 5.27. The van der Waals surface area contributed by atoms with Crippen molar-refractivity contribution in [3.05, 3.63) is 56.9 Å². The molecule has 0 saturated carbocycles. The lowest BCUT2D eigenvalue weighted by molar-refractivity contribution is 0.0690. The second kappa shape index (κ2) is 9.76. The number of carboxylic acid groups (broad SMARTS) is 1. The first-order chi connectivity index (χ1) is 17.0. The monoisotopic (exact) mass is 496 g/mol. The average molecular weight is 497 g/mol. The van der Waals surface area contributed by atoms with Crippen LogP contribution in [0.25, 0.3) is 11.0 Å². The summed E-state index contributed by atoms with van der Waals surface area (Å²) in [4.78, 5) is 23.1. The first kappa shape index (κ1) is 25.4. The second-order valence-electron chi connectivity index (χ2n) is 10.0. The number of methoxy groups -OCH3 is 1. The molecule has 1 atom stereocenters. The van der Waals surface area contributed by atoms with Crippen LogP contribution in [0.4, 0.5) is 0 Å². The number of carbonyl (C=O) groups is 1. The Bertz CT molecular complexity index is 1370. The Morgan fingerprint density at radius 3 is 2.58 bits per heavy atom. The van der Waals surface area contributed by atoms with Gasteiger partial charge in [-0.1, -0.05) is 6.92 Å². The van der Waals surface area contributed by atoms with Crippen LogP contribution in [-0.2, 0) is 12.8 Å². The van der Waals surface area contributed by atoms with Crippen LogP contribution in [0, 0.1) is 12.8 Å². The van der Waals surface area contributed by atoms with Crippen molar-refractivity contribution in [1.29, 1.82) is 0 Å². The molecule has 3 heterocycles. The number of aromatic carboxylic acids is 1. The minimum Gasteiger partial charge on any atom is -0.507 e. The van der Waals surface area contributed by atoms with Gasteiger partial charge in [0.1, 0.15) is 50.9 Å². The molecule has 0 bridgehead atoms. The van der Waals surface area contributed by atoms with Gasteiger partial charge in [0.05, 0.1) is 13.7 Å². The number of phenols is 1. The van der Waals surface area contributed by atoms with Gasteiger partial charge < -0.3 is 28.8 Å². The zero-order chi connectivity index (χ0) is 26.2. The van der Waals surface area contributed by atoms with E-state index in [0.29, 0.717) is 47.4 Å². The highest BCUT2D eigenvalue weighted by molar-refractivity contribution is 5.92. The highest BCUT2D eigenvalue weighted by Gasteiger charge is 2.30. The van der Waals surface area contributed by atoms with E-state index in [1.54, 1.807) is 19.1 Å². The molecule has 0 spiro atoms. The third-order valence-electron chi connectivity index (χ3n) is 6.61. The summed E-state index contributed by atoms with van der Waals surface area (Å²) in [6.07, 6.45) is 3.26. The minimum atomic E-state index is -0.977. The fourth-order valence-electron chi connectivity index (χ4n) is 4.64. The molecule has 8 nitrogen and oxygen atoms in total. The highest BCUT2D eigenvalue weighted by atomic mass is 16.5. The Morgan fingerprint density at radius 1 is 1.14 bits per heavy atom. The third kappa shape index (κ3) is 4.98. The lowest BCUT2D eigenvalue weighted by Crippen LogP contribution is -2.32. The molecule has 0 saturated heterocycles. The van der Waals surface area contributed by atoms with Crippen LogP contribution in [0.15, 0.2) is 33.5 Å². The Kier molecular flexibility index (Phi) is 6.89. The molecule has 0 aliphatic carbocycles. The molecule has 0 fully saturated rings. The van der Waals surface area contributed by atoms with Crippen LogP contribution < -0.4 is 19.6 Å². The van der Waals surface area contributed by atoms with Crippen LogP contribution >= 0.6 is 0 Å². The zero-order valence-electron chi connectivity index (χ0n) is 21.3. The number of hydrogen-bond donors (Lipinski definition) is 2. The molecule has 2 aromatic carbocycles. The lowest BCUT2D eigenvalue weighted by Gasteiger charge is -2.33. The van der Waals surface area contributed by atoms with E-state index >= 15 is 0 Å². The molecule has 3 aromatic rings. The van der Waals surface area contributed by atoms with Gasteiger partial charge in [-0.05, 0) is 64.5 Å². The summed E-state index contributed by atoms with van der Waals surface area (Å²) in [5, 5.41) is 19.7. The number of carboxylic acids is 1. The van der Waals surface area contributed by atoms with Crippen LogP contribution in [0.5, 0.6) is 23.0 Å². The quantitative estimate of drug-likeness (QED) is 0.493. The van der Waals surface area contributed by atoms with E-state index in [4.69, 9.17) is 23.7 Å². The largest absolute Gasteiger partial charge is 0.507 e. The van der Waals surface area contributed by atoms with Crippen molar-refractivity contribution in [3.8, 4) is 23.0 Å². The van der Waals surface area contributed by atoms with Gasteiger partial charge in [-0.25, -0.2) is 4.79 Å². The zero-order valence-corrected chi connectivity index (χ0v) is 21.3. The van der Waals surface area contributed by atoms with Crippen molar-refractivity contribution in [2.75, 3.05) is 13.7 Å². The van der Waals surface area contributed by atoms with Gasteiger partial charge in [0.2, 0.25) is 0 Å². The van der Waals surface area contributed by atoms with Gasteiger partial charge in [-0.2, -0.15) is 0 Å². The van der Waals surface area contributed by atoms with Gasteiger partial charge in [-0.15, -0.1) is 0 Å². The lowest BCUT2D eigenvalue weighted by atomic mass is 9.92. The molecule has 36 heavy (non-hydrogen) atoms. The first-order valence-corrected chi connectivity index (χ1v) is 12.0. The van der Waals surface area contributed by atoms with E-state index in [2.05, 4.69) is 6.92 Å². The summed E-state index contributed by atoms with van der Waals surface area (Å²) in [6.45, 7) is 8.48. The van der Waals surface area contributed by atoms with Crippen molar-refractivity contribution >= 4 is 16.9 Å². The minimum absolute atomic E-state index is 0.00958. The standard InChI is InChI=1S/C15H16O4.C13H16O4/c1-8-3-4-10-12(18-7-8)6-13-14(15(10)17)11(16)5-9(2)19-13;1-13(2)7-6-8-10(17-13)5-4-9(12(14)15)11(8)16-3/h5-6,8,17H,3-4,7H2,1-2H3;4-5H,6-7H2,1-3H3,(H,14,15). The summed E-state index contributed by atoms with van der Waals surface area (Å²) in [5.41, 5.74) is 1.73. The fourth-order valence-corrected chi connectivity index (χ4v) is 4.64. The van der Waals surface area contributed by atoms with E-state index in [0.717, 1.165) is 30.6 Å².